The number of rotatable bonds is 7. The van der Waals surface area contributed by atoms with Crippen molar-refractivity contribution in [1.29, 1.82) is 0 Å². The molecule has 0 fully saturated rings. The molecule has 2 aliphatic rings. The maximum atomic E-state index is 14.2. The molecule has 38 heavy (non-hydrogen) atoms. The summed E-state index contributed by atoms with van der Waals surface area (Å²) < 4.78 is 35.7. The Hall–Kier alpha value is -4.84. The fraction of sp³-hybridized carbons (Fsp3) is 0.0625. The average molecular weight is 504 g/mol. The van der Waals surface area contributed by atoms with Gasteiger partial charge < -0.3 is 9.30 Å². The quantitative estimate of drug-likeness (QED) is 0.225. The van der Waals surface area contributed by atoms with Crippen molar-refractivity contribution in [3.63, 3.8) is 0 Å². The lowest BCUT2D eigenvalue weighted by Gasteiger charge is -2.10. The Morgan fingerprint density at radius 1 is 0.658 bits per heavy atom. The summed E-state index contributed by atoms with van der Waals surface area (Å²) in [6.45, 7) is 1.18. The molecule has 2 aliphatic heterocycles. The maximum absolute atomic E-state index is 14.2. The van der Waals surface area contributed by atoms with Crippen molar-refractivity contribution < 1.29 is 13.5 Å². The summed E-state index contributed by atoms with van der Waals surface area (Å²) in [6.07, 6.45) is 3.77. The second kappa shape index (κ2) is 10.3. The monoisotopic (exact) mass is 503 g/mol. The van der Waals surface area contributed by atoms with Gasteiger partial charge in [0.05, 0.1) is 11.3 Å². The van der Waals surface area contributed by atoms with Crippen LogP contribution in [0.1, 0.15) is 11.1 Å². The molecule has 4 aromatic carbocycles. The number of hydrogen-bond acceptors (Lipinski definition) is 3. The van der Waals surface area contributed by atoms with Crippen LogP contribution in [0.3, 0.4) is 0 Å². The number of benzene rings is 4. The van der Waals surface area contributed by atoms with Gasteiger partial charge in [0.25, 0.3) is 0 Å². The minimum absolute atomic E-state index is 0.0547. The van der Waals surface area contributed by atoms with Crippen molar-refractivity contribution in [2.75, 3.05) is 0 Å². The minimum Gasteiger partial charge on any atom is -0.489 e. The van der Waals surface area contributed by atoms with Crippen molar-refractivity contribution in [2.45, 2.75) is 13.2 Å². The van der Waals surface area contributed by atoms with Crippen LogP contribution in [0.2, 0.25) is 0 Å². The van der Waals surface area contributed by atoms with E-state index in [4.69, 9.17) is 4.74 Å². The molecule has 4 aromatic rings. The highest BCUT2D eigenvalue weighted by molar-refractivity contribution is 5.66. The Morgan fingerprint density at radius 2 is 1.37 bits per heavy atom. The van der Waals surface area contributed by atoms with Gasteiger partial charge in [0, 0.05) is 18.9 Å². The van der Waals surface area contributed by atoms with Crippen molar-refractivity contribution in [1.82, 2.24) is 14.5 Å². The predicted molar refractivity (Wildman–Crippen MR) is 144 cm³/mol. The van der Waals surface area contributed by atoms with Gasteiger partial charge in [0.1, 0.15) is 18.1 Å². The lowest BCUT2D eigenvalue weighted by atomic mass is 10.0. The number of nitrogens with zero attached hydrogens (tertiary/aromatic N) is 3. The summed E-state index contributed by atoms with van der Waals surface area (Å²) in [5.74, 6) is -0.845. The van der Waals surface area contributed by atoms with E-state index in [0.717, 1.165) is 34.1 Å². The first kappa shape index (κ1) is 23.6. The van der Waals surface area contributed by atoms with Gasteiger partial charge in [-0.15, -0.1) is 0 Å². The van der Waals surface area contributed by atoms with Crippen LogP contribution in [-0.2, 0) is 13.2 Å². The van der Waals surface area contributed by atoms with Crippen molar-refractivity contribution >= 4 is 0 Å². The zero-order chi connectivity index (χ0) is 25.9. The van der Waals surface area contributed by atoms with E-state index in [1.54, 1.807) is 0 Å². The van der Waals surface area contributed by atoms with Crippen molar-refractivity contribution in [3.8, 4) is 39.7 Å². The molecule has 0 saturated heterocycles. The first-order chi connectivity index (χ1) is 18.6. The second-order valence-electron chi connectivity index (χ2n) is 9.03. The smallest absolute Gasteiger partial charge is 0.169 e. The topological polar surface area (TPSA) is 39.9 Å². The number of pyridine rings is 1. The van der Waals surface area contributed by atoms with E-state index >= 15 is 0 Å². The summed E-state index contributed by atoms with van der Waals surface area (Å²) in [5.41, 5.74) is 5.80. The van der Waals surface area contributed by atoms with Gasteiger partial charge in [0.2, 0.25) is 0 Å². The van der Waals surface area contributed by atoms with E-state index in [2.05, 4.69) is 46.4 Å². The molecule has 0 aliphatic carbocycles. The summed E-state index contributed by atoms with van der Waals surface area (Å²) in [7, 11) is 0. The van der Waals surface area contributed by atoms with Crippen LogP contribution in [0.15, 0.2) is 116 Å². The fourth-order valence-corrected chi connectivity index (χ4v) is 4.35. The molecule has 6 rings (SSSR count). The third-order valence-electron chi connectivity index (χ3n) is 6.37. The Balaban J connectivity index is 1.13. The third-order valence-corrected chi connectivity index (χ3v) is 6.37. The normalized spacial score (nSPS) is 11.1. The van der Waals surface area contributed by atoms with E-state index in [0.29, 0.717) is 24.5 Å². The second-order valence-corrected chi connectivity index (χ2v) is 9.03. The molecule has 0 unspecified atom stereocenters. The number of ether oxygens (including phenoxy) is 1. The van der Waals surface area contributed by atoms with E-state index in [1.165, 1.54) is 12.1 Å². The summed E-state index contributed by atoms with van der Waals surface area (Å²) >= 11 is 0. The molecule has 0 aromatic heterocycles. The van der Waals surface area contributed by atoms with Crippen LogP contribution >= 0.6 is 0 Å². The minimum atomic E-state index is -0.940. The fourth-order valence-electron chi connectivity index (χ4n) is 4.35. The molecule has 0 bridgehead atoms. The molecule has 2 heterocycles. The molecule has 0 radical (unpaired) electrons. The van der Waals surface area contributed by atoms with E-state index in [9.17, 15) is 8.78 Å². The number of aromatic nitrogens is 3. The zero-order valence-corrected chi connectivity index (χ0v) is 20.4. The van der Waals surface area contributed by atoms with E-state index < -0.39 is 11.6 Å². The molecule has 6 heteroatoms. The van der Waals surface area contributed by atoms with Gasteiger partial charge in [-0.3, -0.25) is 0 Å². The van der Waals surface area contributed by atoms with Gasteiger partial charge in [0.15, 0.2) is 17.5 Å². The third kappa shape index (κ3) is 5.02. The van der Waals surface area contributed by atoms with Crippen LogP contribution < -0.4 is 4.74 Å². The molecule has 186 valence electrons. The van der Waals surface area contributed by atoms with Gasteiger partial charge >= 0.3 is 0 Å². The molecule has 0 saturated carbocycles. The van der Waals surface area contributed by atoms with Crippen molar-refractivity contribution in [3.05, 3.63) is 138 Å². The van der Waals surface area contributed by atoms with E-state index in [-0.39, 0.29) is 11.4 Å². The van der Waals surface area contributed by atoms with Gasteiger partial charge in [-0.2, -0.15) is 0 Å². The summed E-state index contributed by atoms with van der Waals surface area (Å²) in [6, 6.07) is 32.4. The lowest BCUT2D eigenvalue weighted by molar-refractivity contribution is 0.306. The summed E-state index contributed by atoms with van der Waals surface area (Å²) in [4.78, 5) is 8.80. The molecule has 0 N–H and O–H groups in total. The van der Waals surface area contributed by atoms with E-state index in [1.807, 2.05) is 65.5 Å². The zero-order valence-electron chi connectivity index (χ0n) is 20.4. The highest BCUT2D eigenvalue weighted by atomic mass is 19.2. The molecule has 0 atom stereocenters. The first-order valence-corrected chi connectivity index (χ1v) is 12.3. The SMILES string of the molecule is Fc1cccc(-c2nc3ccn(Cc4ccc(-c5ccc(OCc6ccccc6)cc5)cc4)cc-3n2)c1F. The Morgan fingerprint density at radius 3 is 2.13 bits per heavy atom. The standard InChI is InChI=1S/C32H23F2N3O/c33-28-8-4-7-27(31(28)34)32-35-29-17-18-37(20-30(29)36-32)19-22-9-11-24(12-10-22)25-13-15-26(16-14-25)38-21-23-5-2-1-3-6-23/h1-18,20H,19,21H2. The van der Waals surface area contributed by atoms with Gasteiger partial charge in [-0.1, -0.05) is 72.8 Å². The predicted octanol–water partition coefficient (Wildman–Crippen LogP) is 7.62. The van der Waals surface area contributed by atoms with Crippen LogP contribution in [0.4, 0.5) is 8.78 Å². The molecular weight excluding hydrogens is 480 g/mol. The largest absolute Gasteiger partial charge is 0.489 e. The number of halogens is 2. The highest BCUT2D eigenvalue weighted by Gasteiger charge is 2.17. The van der Waals surface area contributed by atoms with Crippen molar-refractivity contribution in [2.24, 2.45) is 0 Å². The van der Waals surface area contributed by atoms with Crippen LogP contribution in [-0.4, -0.2) is 14.5 Å². The molecule has 0 spiro atoms. The molecule has 0 amide bonds. The summed E-state index contributed by atoms with van der Waals surface area (Å²) in [5, 5.41) is 0. The number of hydrogen-bond donors (Lipinski definition) is 0. The van der Waals surface area contributed by atoms with Gasteiger partial charge in [-0.25, -0.2) is 18.7 Å². The van der Waals surface area contributed by atoms with Gasteiger partial charge in [-0.05, 0) is 52.6 Å². The average Bonchev–Trinajstić information content (AvgIpc) is 3.38. The first-order valence-electron chi connectivity index (χ1n) is 12.3. The highest BCUT2D eigenvalue weighted by Crippen LogP contribution is 2.28. The van der Waals surface area contributed by atoms with Crippen LogP contribution in [0.25, 0.3) is 33.9 Å². The van der Waals surface area contributed by atoms with Crippen LogP contribution in [0, 0.1) is 11.6 Å². The Labute approximate surface area is 219 Å². The Kier molecular flexibility index (Phi) is 6.36. The Bertz CT molecular complexity index is 1650. The molecular formula is C32H23F2N3O. The molecule has 4 nitrogen and oxygen atoms in total. The lowest BCUT2D eigenvalue weighted by Crippen LogP contribution is -2.00. The number of imidazole rings is 1. The van der Waals surface area contributed by atoms with Crippen LogP contribution in [0.5, 0.6) is 5.75 Å². The maximum Gasteiger partial charge on any atom is 0.169 e. The number of fused-ring (bicyclic) bond motifs is 1.